The Kier molecular flexibility index (Phi) is 47.0. The van der Waals surface area contributed by atoms with Crippen LogP contribution in [0.2, 0.25) is 0 Å². The second kappa shape index (κ2) is 58.3. The van der Waals surface area contributed by atoms with Crippen LogP contribution in [0, 0.1) is 76.4 Å². The van der Waals surface area contributed by atoms with Crippen LogP contribution in [-0.4, -0.2) is 142 Å². The standard InChI is InChI=1S/C24H22BrFN2O2.C23H30BFO3.C23H26BFO3.C17H23BO3.C17H14BrFO.C11H11BrO.C6H4BrF/c1-28-23-10-8-18(25)14-21(23)24(27-28)20-9-7-16(13-22(20)26)19-6-3-2-5-17(19)15-30-12-4-11-29;2*1-22(2)23(3,4)28-24(27-22)20-14-13-18(16-21(20)25)19-12-8-7-11-17(19)10-6-5-9-15-26;1-16(2)17(3,4)21-18(20-16)15-12-8-7-11-14(15)10-6-5-9-13-19;18-16-10-9-14(12-17(16)19)15-8-4-3-7-13(15)6-2-1-5-11-20;12-11-8-4-3-7-10(11)6-2-1-5-9-13;7-5-3-1-2-4-6(5)8/h2-3,5-10,13-14,29H,4,11-12,15H2,1H3;7-8,11-14,16,26H,5-6,9-10,15H2,1-4H3;7-8,11-14,16,26H,5,9,15H2,1-4H3;7-8,11-12,19H,5,9,13H2,1-4H3;3-4,7-10,12,20H,1,5,11H2;3-4,7-8,13H,1,5,9H2;1-4H. The summed E-state index contributed by atoms with van der Waals surface area (Å²) in [5, 5.41) is 58.3. The maximum absolute atomic E-state index is 15.2. The summed E-state index contributed by atoms with van der Waals surface area (Å²) in [6.45, 7) is 25.7. The van der Waals surface area contributed by atoms with Crippen molar-refractivity contribution in [3.8, 4) is 103 Å². The van der Waals surface area contributed by atoms with Crippen LogP contribution in [0.3, 0.4) is 0 Å². The van der Waals surface area contributed by atoms with Gasteiger partial charge in [0, 0.05) is 132 Å². The molecule has 3 aliphatic rings. The molecule has 1 aromatic heterocycles. The van der Waals surface area contributed by atoms with Crippen molar-refractivity contribution in [2.75, 3.05) is 46.2 Å². The maximum atomic E-state index is 15.2. The minimum atomic E-state index is -0.729. The van der Waals surface area contributed by atoms with Gasteiger partial charge in [-0.3, -0.25) is 4.68 Å². The average Bonchev–Trinajstić information content (AvgIpc) is 1.61. The van der Waals surface area contributed by atoms with Gasteiger partial charge >= 0.3 is 21.4 Å². The third kappa shape index (κ3) is 34.0. The minimum absolute atomic E-state index is 0.104. The van der Waals surface area contributed by atoms with Gasteiger partial charge in [0.15, 0.2) is 0 Å². The first kappa shape index (κ1) is 119. The lowest BCUT2D eigenvalue weighted by Crippen LogP contribution is -2.41. The summed E-state index contributed by atoms with van der Waals surface area (Å²) in [6, 6.07) is 80.1. The van der Waals surface area contributed by atoms with Gasteiger partial charge in [0.25, 0.3) is 0 Å². The third-order valence-corrected chi connectivity index (χ3v) is 28.3. The normalized spacial score (nSPS) is 14.3. The molecule has 3 saturated heterocycles. The van der Waals surface area contributed by atoms with Crippen LogP contribution in [0.1, 0.15) is 194 Å². The Balaban J connectivity index is 0.000000181. The van der Waals surface area contributed by atoms with E-state index in [1.54, 1.807) is 59.3 Å². The summed E-state index contributed by atoms with van der Waals surface area (Å²) in [4.78, 5) is 0. The van der Waals surface area contributed by atoms with Gasteiger partial charge in [-0.25, -0.2) is 22.0 Å². The van der Waals surface area contributed by atoms with E-state index in [9.17, 15) is 17.6 Å². The Morgan fingerprint density at radius 1 is 0.318 bits per heavy atom. The highest BCUT2D eigenvalue weighted by Gasteiger charge is 2.55. The first-order chi connectivity index (χ1) is 70.8. The summed E-state index contributed by atoms with van der Waals surface area (Å²) >= 11 is 13.1. The number of aliphatic hydroxyl groups excluding tert-OH is 6. The van der Waals surface area contributed by atoms with Crippen molar-refractivity contribution in [1.29, 1.82) is 0 Å². The van der Waals surface area contributed by atoms with Crippen LogP contribution in [0.4, 0.5) is 22.0 Å². The number of aromatic nitrogens is 2. The lowest BCUT2D eigenvalue weighted by molar-refractivity contribution is 0.00578. The smallest absolute Gasteiger partial charge is 0.399 e. The number of aliphatic hydroxyl groups is 6. The van der Waals surface area contributed by atoms with E-state index in [-0.39, 0.29) is 79.9 Å². The number of fused-ring (bicyclic) bond motifs is 1. The first-order valence-corrected chi connectivity index (χ1v) is 52.8. The van der Waals surface area contributed by atoms with Crippen LogP contribution >= 0.6 is 63.7 Å². The molecule has 0 radical (unpaired) electrons. The zero-order valence-corrected chi connectivity index (χ0v) is 92.6. The van der Waals surface area contributed by atoms with Crippen LogP contribution < -0.4 is 16.4 Å². The van der Waals surface area contributed by atoms with Crippen molar-refractivity contribution in [3.05, 3.63) is 341 Å². The predicted octanol–water partition coefficient (Wildman–Crippen LogP) is 25.8. The van der Waals surface area contributed by atoms with Gasteiger partial charge in [-0.2, -0.15) is 5.10 Å². The van der Waals surface area contributed by atoms with Gasteiger partial charge in [0.05, 0.1) is 54.7 Å². The first-order valence-electron chi connectivity index (χ1n) is 49.6. The molecule has 774 valence electrons. The predicted molar refractivity (Wildman–Crippen MR) is 603 cm³/mol. The maximum Gasteiger partial charge on any atom is 0.497 e. The molecule has 15 nitrogen and oxygen atoms in total. The molecule has 16 rings (SSSR count). The summed E-state index contributed by atoms with van der Waals surface area (Å²) in [6.07, 6.45) is 9.80. The Hall–Kier alpha value is -10.4. The molecule has 0 aliphatic carbocycles. The highest BCUT2D eigenvalue weighted by Crippen LogP contribution is 2.42. The molecule has 6 N–H and O–H groups in total. The van der Waals surface area contributed by atoms with Crippen LogP contribution in [0.15, 0.2) is 279 Å². The number of benzene rings is 12. The largest absolute Gasteiger partial charge is 0.497 e. The number of halogens is 9. The number of hydrogen-bond donors (Lipinski definition) is 6. The number of rotatable bonds is 26. The topological polar surface area (TPSA) is 204 Å². The second-order valence-corrected chi connectivity index (χ2v) is 41.7. The quantitative estimate of drug-likeness (QED) is 0.0129. The van der Waals surface area contributed by atoms with Gasteiger partial charge in [0.1, 0.15) is 34.8 Å². The van der Waals surface area contributed by atoms with Crippen LogP contribution in [0.25, 0.3) is 66.7 Å². The van der Waals surface area contributed by atoms with E-state index in [4.69, 9.17) is 63.3 Å². The molecular formula is C121H130B3Br4F5N2O13. The van der Waals surface area contributed by atoms with E-state index in [0.717, 1.165) is 136 Å². The highest BCUT2D eigenvalue weighted by molar-refractivity contribution is 9.11. The van der Waals surface area contributed by atoms with Gasteiger partial charge in [0.2, 0.25) is 0 Å². The fourth-order valence-corrected chi connectivity index (χ4v) is 16.6. The van der Waals surface area contributed by atoms with Crippen LogP contribution in [0.5, 0.6) is 0 Å². The van der Waals surface area contributed by atoms with Gasteiger partial charge < -0.3 is 63.3 Å². The number of unbranched alkanes of at least 4 members (excludes halogenated alkanes) is 6. The van der Waals surface area contributed by atoms with Gasteiger partial charge in [-0.1, -0.05) is 234 Å². The zero-order chi connectivity index (χ0) is 107. The molecule has 3 aliphatic heterocycles. The van der Waals surface area contributed by atoms with Crippen LogP contribution in [-0.2, 0) is 52.7 Å². The minimum Gasteiger partial charge on any atom is -0.399 e. The fraction of sp³-hybridized carbons (Fsp3) is 0.331. The lowest BCUT2D eigenvalue weighted by Gasteiger charge is -2.32. The zero-order valence-electron chi connectivity index (χ0n) is 86.2. The Labute approximate surface area is 904 Å². The second-order valence-electron chi connectivity index (χ2n) is 38.3. The molecule has 0 atom stereocenters. The monoisotopic (exact) mass is 2260 g/mol. The van der Waals surface area contributed by atoms with Gasteiger partial charge in [-0.15, -0.1) is 0 Å². The van der Waals surface area contributed by atoms with E-state index in [2.05, 4.69) is 122 Å². The van der Waals surface area contributed by atoms with Crippen molar-refractivity contribution in [2.24, 2.45) is 7.05 Å². The van der Waals surface area contributed by atoms with Crippen molar-refractivity contribution in [3.63, 3.8) is 0 Å². The molecule has 148 heavy (non-hydrogen) atoms. The van der Waals surface area contributed by atoms with E-state index >= 15 is 4.39 Å². The number of ether oxygens (including phenoxy) is 1. The average molecular weight is 2270 g/mol. The van der Waals surface area contributed by atoms with Crippen molar-refractivity contribution in [1.82, 2.24) is 9.78 Å². The van der Waals surface area contributed by atoms with E-state index < -0.39 is 43.8 Å². The van der Waals surface area contributed by atoms with Crippen molar-refractivity contribution < 1.29 is 85.3 Å². The van der Waals surface area contributed by atoms with Crippen molar-refractivity contribution >= 4 is 112 Å². The molecule has 0 bridgehead atoms. The highest BCUT2D eigenvalue weighted by atomic mass is 79.9. The van der Waals surface area contributed by atoms with Crippen molar-refractivity contribution in [2.45, 2.75) is 207 Å². The number of hydrogen-bond acceptors (Lipinski definition) is 14. The summed E-state index contributed by atoms with van der Waals surface area (Å²) in [7, 11) is 0.0395. The Morgan fingerprint density at radius 3 is 1.13 bits per heavy atom. The number of aryl methyl sites for hydroxylation is 2. The molecule has 0 spiro atoms. The molecule has 13 aromatic rings. The summed E-state index contributed by atoms with van der Waals surface area (Å²) < 4.78 is 117. The molecule has 12 aromatic carbocycles. The molecule has 0 unspecified atom stereocenters. The number of nitrogens with zero attached hydrogens (tertiary/aromatic N) is 2. The molecule has 0 saturated carbocycles. The van der Waals surface area contributed by atoms with E-state index in [1.807, 2.05) is 272 Å². The fourth-order valence-electron chi connectivity index (χ4n) is 15.4. The SMILES string of the molecule is CC1(C)OB(c2ccc(-c3ccccc3C#CCCCO)cc2F)OC1(C)C.CC1(C)OB(c2ccc(-c3ccccc3CCCCCO)cc2F)OC1(C)C.CC1(C)OB(c2ccccc2C#CCCCO)OC1(C)C.Cn1nc(-c2ccc(-c3ccccc3COCCCO)cc2F)c2cc(Br)ccc21.Fc1ccccc1Br.OCCCC#Cc1ccccc1-c1ccc(Br)c(F)c1.OCCCC#Cc1ccccc1Br. The molecule has 0 amide bonds. The van der Waals surface area contributed by atoms with E-state index in [0.29, 0.717) is 89.3 Å². The van der Waals surface area contributed by atoms with E-state index in [1.165, 1.54) is 23.8 Å². The summed E-state index contributed by atoms with van der Waals surface area (Å²) in [5.74, 6) is 23.1. The Morgan fingerprint density at radius 2 is 0.682 bits per heavy atom. The molecule has 3 fully saturated rings. The third-order valence-electron chi connectivity index (χ3n) is 25.8. The Bertz CT molecular complexity index is 6750. The molecule has 4 heterocycles. The molecular weight excluding hydrogens is 2140 g/mol. The summed E-state index contributed by atoms with van der Waals surface area (Å²) in [5.41, 5.74) is 13.9. The molecule has 27 heteroatoms. The lowest BCUT2D eigenvalue weighted by atomic mass is 9.76. The van der Waals surface area contributed by atoms with Gasteiger partial charge in [-0.05, 0) is 340 Å².